The van der Waals surface area contributed by atoms with Crippen molar-refractivity contribution < 1.29 is 19.2 Å². The van der Waals surface area contributed by atoms with E-state index in [1.807, 2.05) is 0 Å². The van der Waals surface area contributed by atoms with Gasteiger partial charge in [0, 0.05) is 12.1 Å². The Kier molecular flexibility index (Phi) is 2.80. The molecule has 1 amide bonds. The average molecular weight is 264 g/mol. The molecule has 6 heteroatoms. The first-order valence-electron chi connectivity index (χ1n) is 6.53. The highest BCUT2D eigenvalue weighted by atomic mass is 16.5. The Morgan fingerprint density at radius 2 is 2.16 bits per heavy atom. The van der Waals surface area contributed by atoms with Crippen LogP contribution >= 0.6 is 0 Å². The van der Waals surface area contributed by atoms with Crippen molar-refractivity contribution in [3.63, 3.8) is 0 Å². The van der Waals surface area contributed by atoms with Gasteiger partial charge in [-0.25, -0.2) is 0 Å². The lowest BCUT2D eigenvalue weighted by molar-refractivity contribution is -0.144. The second-order valence-corrected chi connectivity index (χ2v) is 5.53. The van der Waals surface area contributed by atoms with Crippen molar-refractivity contribution in [1.82, 2.24) is 10.5 Å². The van der Waals surface area contributed by atoms with E-state index in [1.165, 1.54) is 0 Å². The normalized spacial score (nSPS) is 32.5. The van der Waals surface area contributed by atoms with E-state index in [2.05, 4.69) is 10.5 Å². The number of nitrogens with zero attached hydrogens (tertiary/aromatic N) is 1. The smallest absolute Gasteiger partial charge is 0.308 e. The van der Waals surface area contributed by atoms with E-state index < -0.39 is 11.9 Å². The second-order valence-electron chi connectivity index (χ2n) is 5.53. The second kappa shape index (κ2) is 4.36. The standard InChI is InChI=1S/C13H16N2O4/c1-6-4-9(19-15-6)12(16)14-11-8-3-2-7(5-8)10(11)13(17)18/h4,7-8,10-11H,2-3,5H2,1H3,(H,14,16)(H,17,18). The number of fused-ring (bicyclic) bond motifs is 2. The van der Waals surface area contributed by atoms with Crippen LogP contribution < -0.4 is 5.32 Å². The van der Waals surface area contributed by atoms with Crippen molar-refractivity contribution in [1.29, 1.82) is 0 Å². The van der Waals surface area contributed by atoms with Crippen LogP contribution in [0.4, 0.5) is 0 Å². The first kappa shape index (κ1) is 12.2. The SMILES string of the molecule is Cc1cc(C(=O)NC2C3CCC(C3)C2C(=O)O)on1. The fourth-order valence-corrected chi connectivity index (χ4v) is 3.55. The number of hydrogen-bond acceptors (Lipinski definition) is 4. The minimum Gasteiger partial charge on any atom is -0.481 e. The zero-order valence-corrected chi connectivity index (χ0v) is 10.6. The van der Waals surface area contributed by atoms with Crippen LogP contribution in [-0.4, -0.2) is 28.2 Å². The topological polar surface area (TPSA) is 92.4 Å². The molecule has 2 saturated carbocycles. The molecule has 0 spiro atoms. The van der Waals surface area contributed by atoms with Gasteiger partial charge in [0.05, 0.1) is 11.6 Å². The summed E-state index contributed by atoms with van der Waals surface area (Å²) in [5, 5.41) is 15.8. The summed E-state index contributed by atoms with van der Waals surface area (Å²) in [6.45, 7) is 1.73. The zero-order chi connectivity index (χ0) is 13.6. The third kappa shape index (κ3) is 2.01. The van der Waals surface area contributed by atoms with Gasteiger partial charge in [-0.15, -0.1) is 0 Å². The van der Waals surface area contributed by atoms with Gasteiger partial charge in [-0.1, -0.05) is 5.16 Å². The molecule has 2 bridgehead atoms. The van der Waals surface area contributed by atoms with Gasteiger partial charge >= 0.3 is 5.97 Å². The highest BCUT2D eigenvalue weighted by molar-refractivity contribution is 5.92. The summed E-state index contributed by atoms with van der Waals surface area (Å²) in [6, 6.07) is 1.27. The molecule has 2 N–H and O–H groups in total. The number of carboxylic acids is 1. The molecule has 0 aromatic carbocycles. The van der Waals surface area contributed by atoms with Crippen molar-refractivity contribution in [2.24, 2.45) is 17.8 Å². The number of aliphatic carboxylic acids is 1. The average Bonchev–Trinajstić information content (AvgIpc) is 3.03. The number of rotatable bonds is 3. The molecule has 3 rings (SSSR count). The van der Waals surface area contributed by atoms with Gasteiger partial charge in [0.15, 0.2) is 0 Å². The van der Waals surface area contributed by atoms with Crippen LogP contribution in [0.2, 0.25) is 0 Å². The number of aryl methyl sites for hydroxylation is 1. The molecule has 1 aromatic rings. The van der Waals surface area contributed by atoms with Gasteiger partial charge in [-0.3, -0.25) is 9.59 Å². The third-order valence-electron chi connectivity index (χ3n) is 4.35. The van der Waals surface area contributed by atoms with Crippen molar-refractivity contribution in [2.45, 2.75) is 32.2 Å². The molecule has 2 aliphatic rings. The molecule has 4 atom stereocenters. The monoisotopic (exact) mass is 264 g/mol. The number of carbonyl (C=O) groups is 2. The summed E-state index contributed by atoms with van der Waals surface area (Å²) in [5.74, 6) is -1.03. The Balaban J connectivity index is 1.75. The van der Waals surface area contributed by atoms with Crippen LogP contribution in [0.25, 0.3) is 0 Å². The molecule has 102 valence electrons. The lowest BCUT2D eigenvalue weighted by Crippen LogP contribution is -2.46. The molecule has 1 heterocycles. The fraction of sp³-hybridized carbons (Fsp3) is 0.615. The summed E-state index contributed by atoms with van der Waals surface area (Å²) in [4.78, 5) is 23.4. The number of nitrogens with one attached hydrogen (secondary N) is 1. The first-order chi connectivity index (χ1) is 9.06. The molecule has 19 heavy (non-hydrogen) atoms. The fourth-order valence-electron chi connectivity index (χ4n) is 3.55. The molecular weight excluding hydrogens is 248 g/mol. The Morgan fingerprint density at radius 1 is 1.42 bits per heavy atom. The van der Waals surface area contributed by atoms with Gasteiger partial charge in [0.1, 0.15) is 0 Å². The zero-order valence-electron chi connectivity index (χ0n) is 10.6. The maximum atomic E-state index is 12.0. The molecule has 2 aliphatic carbocycles. The van der Waals surface area contributed by atoms with E-state index in [4.69, 9.17) is 4.52 Å². The lowest BCUT2D eigenvalue weighted by atomic mass is 9.84. The summed E-state index contributed by atoms with van der Waals surface area (Å²) in [7, 11) is 0. The summed E-state index contributed by atoms with van der Waals surface area (Å²) in [6.07, 6.45) is 2.85. The van der Waals surface area contributed by atoms with Crippen LogP contribution in [0, 0.1) is 24.7 Å². The van der Waals surface area contributed by atoms with Crippen molar-refractivity contribution >= 4 is 11.9 Å². The molecule has 2 fully saturated rings. The number of amides is 1. The van der Waals surface area contributed by atoms with Gasteiger partial charge in [0.25, 0.3) is 5.91 Å². The van der Waals surface area contributed by atoms with E-state index in [0.717, 1.165) is 19.3 Å². The van der Waals surface area contributed by atoms with E-state index in [-0.39, 0.29) is 29.5 Å². The van der Waals surface area contributed by atoms with Gasteiger partial charge in [0.2, 0.25) is 5.76 Å². The Labute approximate surface area is 110 Å². The summed E-state index contributed by atoms with van der Waals surface area (Å²) in [5.41, 5.74) is 0.632. The van der Waals surface area contributed by atoms with Crippen molar-refractivity contribution in [2.75, 3.05) is 0 Å². The van der Waals surface area contributed by atoms with E-state index in [1.54, 1.807) is 13.0 Å². The number of carbonyl (C=O) groups excluding carboxylic acids is 1. The number of hydrogen-bond donors (Lipinski definition) is 2. The van der Waals surface area contributed by atoms with Crippen LogP contribution in [0.5, 0.6) is 0 Å². The number of carboxylic acid groups (broad SMARTS) is 1. The highest BCUT2D eigenvalue weighted by Gasteiger charge is 2.51. The Hall–Kier alpha value is -1.85. The third-order valence-corrected chi connectivity index (χ3v) is 4.35. The molecule has 0 aliphatic heterocycles. The maximum Gasteiger partial charge on any atom is 0.308 e. The van der Waals surface area contributed by atoms with Crippen molar-refractivity contribution in [3.05, 3.63) is 17.5 Å². The predicted molar refractivity (Wildman–Crippen MR) is 64.5 cm³/mol. The largest absolute Gasteiger partial charge is 0.481 e. The highest BCUT2D eigenvalue weighted by Crippen LogP contribution is 2.48. The molecule has 6 nitrogen and oxygen atoms in total. The Morgan fingerprint density at radius 3 is 2.79 bits per heavy atom. The van der Waals surface area contributed by atoms with Gasteiger partial charge < -0.3 is 14.9 Å². The molecule has 0 saturated heterocycles. The van der Waals surface area contributed by atoms with Crippen LogP contribution in [0.15, 0.2) is 10.6 Å². The minimum absolute atomic E-state index is 0.143. The van der Waals surface area contributed by atoms with Crippen LogP contribution in [0.1, 0.15) is 35.5 Å². The molecular formula is C13H16N2O4. The van der Waals surface area contributed by atoms with E-state index >= 15 is 0 Å². The quantitative estimate of drug-likeness (QED) is 0.856. The molecule has 4 unspecified atom stereocenters. The number of aromatic nitrogens is 1. The summed E-state index contributed by atoms with van der Waals surface area (Å²) >= 11 is 0. The summed E-state index contributed by atoms with van der Waals surface area (Å²) < 4.78 is 4.90. The Bertz CT molecular complexity index is 524. The van der Waals surface area contributed by atoms with Crippen molar-refractivity contribution in [3.8, 4) is 0 Å². The predicted octanol–water partition coefficient (Wildman–Crippen LogP) is 1.21. The molecule has 0 radical (unpaired) electrons. The lowest BCUT2D eigenvalue weighted by Gasteiger charge is -2.28. The van der Waals surface area contributed by atoms with Gasteiger partial charge in [-0.05, 0) is 38.0 Å². The first-order valence-corrected chi connectivity index (χ1v) is 6.53. The van der Waals surface area contributed by atoms with Gasteiger partial charge in [-0.2, -0.15) is 0 Å². The molecule has 1 aromatic heterocycles. The van der Waals surface area contributed by atoms with E-state index in [9.17, 15) is 14.7 Å². The van der Waals surface area contributed by atoms with E-state index in [0.29, 0.717) is 5.69 Å². The maximum absolute atomic E-state index is 12.0. The van der Waals surface area contributed by atoms with Crippen LogP contribution in [-0.2, 0) is 4.79 Å². The van der Waals surface area contributed by atoms with Crippen LogP contribution in [0.3, 0.4) is 0 Å². The minimum atomic E-state index is -0.814.